The molecule has 0 amide bonds. The zero-order valence-corrected chi connectivity index (χ0v) is 33.8. The zero-order chi connectivity index (χ0) is 38.7. The minimum atomic E-state index is -1.55. The van der Waals surface area contributed by atoms with Crippen molar-refractivity contribution in [2.75, 3.05) is 59.3 Å². The van der Waals surface area contributed by atoms with Crippen molar-refractivity contribution in [3.8, 4) is 0 Å². The van der Waals surface area contributed by atoms with Crippen molar-refractivity contribution in [1.29, 1.82) is 0 Å². The van der Waals surface area contributed by atoms with Crippen molar-refractivity contribution >= 4 is 0 Å². The molecule has 0 aromatic heterocycles. The maximum absolute atomic E-state index is 11.5. The Bertz CT molecular complexity index is 961. The van der Waals surface area contributed by atoms with Crippen LogP contribution in [0.2, 0.25) is 0 Å². The number of aliphatic hydroxyl groups excluding tert-OH is 6. The third-order valence-corrected chi connectivity index (χ3v) is 12.5. The molecule has 7 N–H and O–H groups in total. The lowest BCUT2D eigenvalue weighted by Crippen LogP contribution is -2.67. The molecule has 0 radical (unpaired) electrons. The molecule has 0 saturated carbocycles. The molecule has 4 saturated heterocycles. The predicted molar refractivity (Wildman–Crippen MR) is 209 cm³/mol. The summed E-state index contributed by atoms with van der Waals surface area (Å²) < 4.78 is 22.5. The molecular formula is C42H80N2O10. The van der Waals surface area contributed by atoms with Crippen molar-refractivity contribution in [3.05, 3.63) is 0 Å². The van der Waals surface area contributed by atoms with Gasteiger partial charge in [0.15, 0.2) is 6.29 Å². The minimum absolute atomic E-state index is 0.117. The van der Waals surface area contributed by atoms with Gasteiger partial charge in [0, 0.05) is 18.5 Å². The molecule has 318 valence electrons. The molecule has 0 aromatic carbocycles. The fraction of sp³-hybridized carbons (Fsp3) is 1.00. The first-order chi connectivity index (χ1) is 26.2. The van der Waals surface area contributed by atoms with Crippen LogP contribution in [0.5, 0.6) is 0 Å². The second-order valence-electron chi connectivity index (χ2n) is 17.6. The van der Waals surface area contributed by atoms with Crippen molar-refractivity contribution in [2.45, 2.75) is 203 Å². The third kappa shape index (κ3) is 15.0. The van der Waals surface area contributed by atoms with Crippen LogP contribution in [-0.4, -0.2) is 149 Å². The van der Waals surface area contributed by atoms with Gasteiger partial charge in [-0.25, -0.2) is 0 Å². The quantitative estimate of drug-likeness (QED) is 0.0487. The number of hydrogen-bond donors (Lipinski definition) is 7. The molecule has 4 fully saturated rings. The second kappa shape index (κ2) is 25.1. The normalized spacial score (nSPS) is 27.9. The highest BCUT2D eigenvalue weighted by atomic mass is 16.7. The predicted octanol–water partition coefficient (Wildman–Crippen LogP) is 4.19. The Hall–Kier alpha value is -0.480. The number of likely N-dealkylation sites (tertiary alicyclic amines) is 1. The van der Waals surface area contributed by atoms with Gasteiger partial charge in [0.25, 0.3) is 0 Å². The summed E-state index contributed by atoms with van der Waals surface area (Å²) in [6.07, 6.45) is 16.6. The number of ether oxygens (including phenoxy) is 4. The van der Waals surface area contributed by atoms with Crippen LogP contribution in [0.1, 0.15) is 148 Å². The molecule has 8 atom stereocenters. The third-order valence-electron chi connectivity index (χ3n) is 12.5. The van der Waals surface area contributed by atoms with E-state index in [-0.39, 0.29) is 12.1 Å². The number of hydrogen-bond acceptors (Lipinski definition) is 12. The summed E-state index contributed by atoms with van der Waals surface area (Å²) in [5, 5.41) is 66.8. The molecular weight excluding hydrogens is 692 g/mol. The van der Waals surface area contributed by atoms with Crippen LogP contribution in [0, 0.1) is 5.41 Å². The van der Waals surface area contributed by atoms with Crippen molar-refractivity contribution in [1.82, 2.24) is 10.2 Å². The standard InChI is InChI=1S/C42H80N2O10/c1-2-3-4-5-6-7-8-9-10-13-16-19-22-34(46)36(47)33(26-53-40-39(50)38(49)37(48)35(25-45)54-40)43-42(31-52-32-42)23-20-17-14-11-12-15-18-21-24-44-27-41(28-44)29-51-30-41/h33-40,43,45-50H,2-32H2,1H3/t33-,34+,35?,36-,37?,38?,39?,40?/m0/s1. The van der Waals surface area contributed by atoms with E-state index >= 15 is 0 Å². The Morgan fingerprint density at radius 2 is 1.22 bits per heavy atom. The lowest BCUT2D eigenvalue weighted by atomic mass is 9.78. The Balaban J connectivity index is 1.15. The van der Waals surface area contributed by atoms with Crippen molar-refractivity contribution < 1.29 is 49.6 Å². The van der Waals surface area contributed by atoms with Crippen molar-refractivity contribution in [2.24, 2.45) is 5.41 Å². The highest BCUT2D eigenvalue weighted by Gasteiger charge is 2.48. The fourth-order valence-electron chi connectivity index (χ4n) is 8.80. The first kappa shape index (κ1) is 46.2. The van der Waals surface area contributed by atoms with E-state index in [1.807, 2.05) is 0 Å². The summed E-state index contributed by atoms with van der Waals surface area (Å²) in [6, 6.07) is -0.697. The maximum Gasteiger partial charge on any atom is 0.186 e. The molecule has 4 aliphatic rings. The first-order valence-electron chi connectivity index (χ1n) is 22.2. The Labute approximate surface area is 326 Å². The smallest absolute Gasteiger partial charge is 0.186 e. The van der Waals surface area contributed by atoms with Gasteiger partial charge in [-0.2, -0.15) is 0 Å². The molecule has 12 heteroatoms. The number of nitrogens with zero attached hydrogens (tertiary/aromatic N) is 1. The zero-order valence-electron chi connectivity index (χ0n) is 33.8. The van der Waals surface area contributed by atoms with Gasteiger partial charge in [-0.3, -0.25) is 5.32 Å². The van der Waals surface area contributed by atoms with E-state index in [1.54, 1.807) is 0 Å². The number of rotatable bonds is 32. The molecule has 4 heterocycles. The van der Waals surface area contributed by atoms with Crippen LogP contribution in [0.3, 0.4) is 0 Å². The highest BCUT2D eigenvalue weighted by molar-refractivity contribution is 5.00. The van der Waals surface area contributed by atoms with Gasteiger partial charge in [-0.15, -0.1) is 0 Å². The lowest BCUT2D eigenvalue weighted by Gasteiger charge is -2.55. The lowest BCUT2D eigenvalue weighted by molar-refractivity contribution is -0.303. The van der Waals surface area contributed by atoms with E-state index in [4.69, 9.17) is 18.9 Å². The molecule has 4 aliphatic heterocycles. The van der Waals surface area contributed by atoms with E-state index in [9.17, 15) is 30.6 Å². The van der Waals surface area contributed by atoms with Gasteiger partial charge in [-0.05, 0) is 25.8 Å². The largest absolute Gasteiger partial charge is 0.394 e. The van der Waals surface area contributed by atoms with Gasteiger partial charge in [0.05, 0.1) is 63.4 Å². The van der Waals surface area contributed by atoms with E-state index < -0.39 is 55.6 Å². The molecule has 54 heavy (non-hydrogen) atoms. The summed E-state index contributed by atoms with van der Waals surface area (Å²) in [4.78, 5) is 2.57. The number of unbranched alkanes of at least 4 members (excludes halogenated alkanes) is 18. The Morgan fingerprint density at radius 3 is 1.74 bits per heavy atom. The summed E-state index contributed by atoms with van der Waals surface area (Å²) in [6.45, 7) is 8.15. The van der Waals surface area contributed by atoms with Gasteiger partial charge in [0.1, 0.15) is 24.4 Å². The van der Waals surface area contributed by atoms with Gasteiger partial charge < -0.3 is 54.5 Å². The second-order valence-corrected chi connectivity index (χ2v) is 17.6. The van der Waals surface area contributed by atoms with Crippen LogP contribution in [0.15, 0.2) is 0 Å². The van der Waals surface area contributed by atoms with E-state index in [1.165, 1.54) is 116 Å². The summed E-state index contributed by atoms with van der Waals surface area (Å²) >= 11 is 0. The van der Waals surface area contributed by atoms with Crippen LogP contribution in [0.25, 0.3) is 0 Å². The highest BCUT2D eigenvalue weighted by Crippen LogP contribution is 2.37. The summed E-state index contributed by atoms with van der Waals surface area (Å²) in [7, 11) is 0. The van der Waals surface area contributed by atoms with Gasteiger partial charge >= 0.3 is 0 Å². The summed E-state index contributed by atoms with van der Waals surface area (Å²) in [5.74, 6) is 0. The number of nitrogens with one attached hydrogen (secondary N) is 1. The molecule has 0 bridgehead atoms. The van der Waals surface area contributed by atoms with Crippen LogP contribution in [0.4, 0.5) is 0 Å². The average molecular weight is 773 g/mol. The summed E-state index contributed by atoms with van der Waals surface area (Å²) in [5.41, 5.74) is 0.149. The van der Waals surface area contributed by atoms with E-state index in [0.717, 1.165) is 51.7 Å². The molecule has 0 aliphatic carbocycles. The molecule has 5 unspecified atom stereocenters. The monoisotopic (exact) mass is 773 g/mol. The molecule has 0 aromatic rings. The average Bonchev–Trinajstić information content (AvgIpc) is 3.12. The SMILES string of the molecule is CCCCCCCCCCCCCC[C@@H](O)[C@@H](O)[C@H](COC1OC(CO)C(O)C(O)C1O)NC1(CCCCCCCCCCN2CC3(COC3)C2)COC1. The van der Waals surface area contributed by atoms with Crippen molar-refractivity contribution in [3.63, 3.8) is 0 Å². The van der Waals surface area contributed by atoms with Crippen LogP contribution in [-0.2, 0) is 18.9 Å². The Kier molecular flexibility index (Phi) is 21.5. The molecule has 1 spiro atoms. The Morgan fingerprint density at radius 1 is 0.685 bits per heavy atom. The van der Waals surface area contributed by atoms with E-state index in [0.29, 0.717) is 25.0 Å². The molecule has 12 nitrogen and oxygen atoms in total. The van der Waals surface area contributed by atoms with Crippen LogP contribution < -0.4 is 5.32 Å². The minimum Gasteiger partial charge on any atom is -0.394 e. The van der Waals surface area contributed by atoms with Crippen LogP contribution >= 0.6 is 0 Å². The molecule has 4 rings (SSSR count). The maximum atomic E-state index is 11.5. The number of aliphatic hydroxyl groups is 6. The van der Waals surface area contributed by atoms with Gasteiger partial charge in [0.2, 0.25) is 0 Å². The topological polar surface area (TPSA) is 174 Å². The van der Waals surface area contributed by atoms with Gasteiger partial charge in [-0.1, -0.05) is 129 Å². The first-order valence-corrected chi connectivity index (χ1v) is 22.2. The van der Waals surface area contributed by atoms with E-state index in [2.05, 4.69) is 17.1 Å². The fourth-order valence-corrected chi connectivity index (χ4v) is 8.80.